The molecule has 0 aliphatic heterocycles. The van der Waals surface area contributed by atoms with Gasteiger partial charge in [-0.2, -0.15) is 0 Å². The van der Waals surface area contributed by atoms with E-state index >= 15 is 0 Å². The number of fused-ring (bicyclic) bond motifs is 1. The van der Waals surface area contributed by atoms with Gasteiger partial charge in [0.05, 0.1) is 25.3 Å². The number of hydrogen-bond donors (Lipinski definition) is 1. The summed E-state index contributed by atoms with van der Waals surface area (Å²) in [7, 11) is 1.66. The summed E-state index contributed by atoms with van der Waals surface area (Å²) in [5, 5.41) is 4.32. The lowest BCUT2D eigenvalue weighted by Crippen LogP contribution is -2.13. The zero-order valence-electron chi connectivity index (χ0n) is 11.3. The van der Waals surface area contributed by atoms with Gasteiger partial charge in [-0.15, -0.1) is 0 Å². The van der Waals surface area contributed by atoms with Crippen molar-refractivity contribution >= 4 is 16.7 Å². The van der Waals surface area contributed by atoms with Crippen LogP contribution in [0.2, 0.25) is 0 Å². The van der Waals surface area contributed by atoms with Crippen molar-refractivity contribution < 1.29 is 9.47 Å². The molecule has 0 saturated heterocycles. The van der Waals surface area contributed by atoms with E-state index in [0.717, 1.165) is 16.7 Å². The largest absolute Gasteiger partial charge is 0.382 e. The Bertz CT molecular complexity index is 531. The summed E-state index contributed by atoms with van der Waals surface area (Å²) >= 11 is 0. The second kappa shape index (κ2) is 7.01. The van der Waals surface area contributed by atoms with E-state index in [0.29, 0.717) is 26.4 Å². The van der Waals surface area contributed by atoms with Crippen LogP contribution in [-0.4, -0.2) is 43.4 Å². The molecule has 0 unspecified atom stereocenters. The van der Waals surface area contributed by atoms with E-state index in [1.165, 1.54) is 5.56 Å². The summed E-state index contributed by atoms with van der Waals surface area (Å²) in [6.45, 7) is 4.63. The first-order valence-electron chi connectivity index (χ1n) is 6.33. The van der Waals surface area contributed by atoms with Gasteiger partial charge >= 0.3 is 0 Å². The summed E-state index contributed by atoms with van der Waals surface area (Å²) < 4.78 is 10.3. The van der Waals surface area contributed by atoms with Crippen molar-refractivity contribution in [1.29, 1.82) is 0 Å². The normalized spacial score (nSPS) is 10.8. The van der Waals surface area contributed by atoms with E-state index in [1.54, 1.807) is 13.4 Å². The maximum Gasteiger partial charge on any atom is 0.137 e. The van der Waals surface area contributed by atoms with E-state index in [4.69, 9.17) is 9.47 Å². The molecule has 5 heteroatoms. The predicted octanol–water partition coefficient (Wildman–Crippen LogP) is 2.01. The molecule has 0 bridgehead atoms. The third-order valence-corrected chi connectivity index (χ3v) is 2.76. The van der Waals surface area contributed by atoms with Gasteiger partial charge in [0.2, 0.25) is 0 Å². The van der Waals surface area contributed by atoms with E-state index in [-0.39, 0.29) is 0 Å². The minimum absolute atomic E-state index is 0.613. The van der Waals surface area contributed by atoms with Crippen LogP contribution in [0.3, 0.4) is 0 Å². The molecule has 0 amide bonds. The molecule has 0 spiro atoms. The third kappa shape index (κ3) is 3.87. The molecule has 0 saturated carbocycles. The predicted molar refractivity (Wildman–Crippen MR) is 75.5 cm³/mol. The highest BCUT2D eigenvalue weighted by Gasteiger charge is 2.02. The molecule has 102 valence electrons. The van der Waals surface area contributed by atoms with Crippen molar-refractivity contribution in [3.63, 3.8) is 0 Å². The van der Waals surface area contributed by atoms with Gasteiger partial charge < -0.3 is 14.8 Å². The topological polar surface area (TPSA) is 56.3 Å². The molecule has 0 atom stereocenters. The molecule has 1 heterocycles. The number of anilines is 1. The summed E-state index contributed by atoms with van der Waals surface area (Å²) in [5.41, 5.74) is 2.14. The van der Waals surface area contributed by atoms with Gasteiger partial charge in [0.15, 0.2) is 0 Å². The number of nitrogens with zero attached hydrogens (tertiary/aromatic N) is 2. The second-order valence-corrected chi connectivity index (χ2v) is 4.27. The van der Waals surface area contributed by atoms with Crippen LogP contribution < -0.4 is 5.32 Å². The van der Waals surface area contributed by atoms with E-state index < -0.39 is 0 Å². The van der Waals surface area contributed by atoms with Crippen molar-refractivity contribution in [2.45, 2.75) is 6.92 Å². The summed E-state index contributed by atoms with van der Waals surface area (Å²) in [5.74, 6) is 0.851. The number of benzene rings is 1. The van der Waals surface area contributed by atoms with Crippen LogP contribution in [0.4, 0.5) is 5.82 Å². The minimum atomic E-state index is 0.613. The number of ether oxygens (including phenoxy) is 2. The zero-order chi connectivity index (χ0) is 13.5. The van der Waals surface area contributed by atoms with Gasteiger partial charge in [-0.25, -0.2) is 9.97 Å². The fourth-order valence-corrected chi connectivity index (χ4v) is 1.80. The fraction of sp³-hybridized carbons (Fsp3) is 0.429. The summed E-state index contributed by atoms with van der Waals surface area (Å²) in [6.07, 6.45) is 1.58. The first-order chi connectivity index (χ1) is 9.31. The zero-order valence-corrected chi connectivity index (χ0v) is 11.3. The lowest BCUT2D eigenvalue weighted by molar-refractivity contribution is 0.0759. The summed E-state index contributed by atoms with van der Waals surface area (Å²) in [6, 6.07) is 6.14. The Labute approximate surface area is 113 Å². The molecule has 0 aliphatic rings. The van der Waals surface area contributed by atoms with Gasteiger partial charge in [0.25, 0.3) is 0 Å². The van der Waals surface area contributed by atoms with Crippen LogP contribution in [-0.2, 0) is 9.47 Å². The van der Waals surface area contributed by atoms with Gasteiger partial charge in [-0.1, -0.05) is 11.6 Å². The van der Waals surface area contributed by atoms with Gasteiger partial charge in [0.1, 0.15) is 12.1 Å². The van der Waals surface area contributed by atoms with Gasteiger partial charge in [-0.3, -0.25) is 0 Å². The summed E-state index contributed by atoms with van der Waals surface area (Å²) in [4.78, 5) is 8.53. The smallest absolute Gasteiger partial charge is 0.137 e. The first-order valence-corrected chi connectivity index (χ1v) is 6.33. The van der Waals surface area contributed by atoms with Crippen LogP contribution in [0.15, 0.2) is 24.5 Å². The lowest BCUT2D eigenvalue weighted by atomic mass is 10.1. The lowest BCUT2D eigenvalue weighted by Gasteiger charge is -2.09. The molecular weight excluding hydrogens is 242 g/mol. The van der Waals surface area contributed by atoms with Gasteiger partial charge in [0, 0.05) is 19.0 Å². The molecule has 2 rings (SSSR count). The molecule has 1 N–H and O–H groups in total. The van der Waals surface area contributed by atoms with Crippen molar-refractivity contribution in [1.82, 2.24) is 9.97 Å². The van der Waals surface area contributed by atoms with Crippen LogP contribution in [0.5, 0.6) is 0 Å². The third-order valence-electron chi connectivity index (χ3n) is 2.76. The highest BCUT2D eigenvalue weighted by molar-refractivity contribution is 5.89. The van der Waals surface area contributed by atoms with Crippen molar-refractivity contribution in [2.75, 3.05) is 38.8 Å². The maximum absolute atomic E-state index is 5.40. The highest BCUT2D eigenvalue weighted by atomic mass is 16.5. The fourth-order valence-electron chi connectivity index (χ4n) is 1.80. The Morgan fingerprint density at radius 3 is 2.89 bits per heavy atom. The van der Waals surface area contributed by atoms with Gasteiger partial charge in [-0.05, 0) is 19.1 Å². The van der Waals surface area contributed by atoms with Crippen LogP contribution in [0, 0.1) is 6.92 Å². The molecule has 5 nitrogen and oxygen atoms in total. The average molecular weight is 261 g/mol. The molecule has 1 aromatic carbocycles. The Morgan fingerprint density at radius 1 is 1.16 bits per heavy atom. The molecule has 0 radical (unpaired) electrons. The quantitative estimate of drug-likeness (QED) is 0.773. The molecule has 1 aromatic heterocycles. The SMILES string of the molecule is COCCOCCNc1ncnc2ccc(C)cc12. The van der Waals surface area contributed by atoms with Crippen molar-refractivity contribution in [3.8, 4) is 0 Å². The number of aromatic nitrogens is 2. The van der Waals surface area contributed by atoms with E-state index in [1.807, 2.05) is 12.1 Å². The Morgan fingerprint density at radius 2 is 2.05 bits per heavy atom. The highest BCUT2D eigenvalue weighted by Crippen LogP contribution is 2.19. The monoisotopic (exact) mass is 261 g/mol. The molecular formula is C14H19N3O2. The number of nitrogens with one attached hydrogen (secondary N) is 1. The number of aryl methyl sites for hydroxylation is 1. The minimum Gasteiger partial charge on any atom is -0.382 e. The second-order valence-electron chi connectivity index (χ2n) is 4.27. The van der Waals surface area contributed by atoms with Crippen LogP contribution in [0.1, 0.15) is 5.56 Å². The first kappa shape index (κ1) is 13.7. The molecule has 19 heavy (non-hydrogen) atoms. The average Bonchev–Trinajstić information content (AvgIpc) is 2.43. The Hall–Kier alpha value is -1.72. The van der Waals surface area contributed by atoms with E-state index in [2.05, 4.69) is 28.3 Å². The molecule has 2 aromatic rings. The number of methoxy groups -OCH3 is 1. The Kier molecular flexibility index (Phi) is 5.06. The van der Waals surface area contributed by atoms with Crippen molar-refractivity contribution in [3.05, 3.63) is 30.1 Å². The number of hydrogen-bond acceptors (Lipinski definition) is 5. The van der Waals surface area contributed by atoms with E-state index in [9.17, 15) is 0 Å². The Balaban J connectivity index is 1.95. The van der Waals surface area contributed by atoms with Crippen LogP contribution in [0.25, 0.3) is 10.9 Å². The van der Waals surface area contributed by atoms with Crippen molar-refractivity contribution in [2.24, 2.45) is 0 Å². The standard InChI is InChI=1S/C14H19N3O2/c1-11-3-4-13-12(9-11)14(17-10-16-13)15-5-6-19-8-7-18-2/h3-4,9-10H,5-8H2,1-2H3,(H,15,16,17). The molecule has 0 fully saturated rings. The maximum atomic E-state index is 5.40. The molecule has 0 aliphatic carbocycles. The van der Waals surface area contributed by atoms with Crippen LogP contribution >= 0.6 is 0 Å². The number of rotatable bonds is 7.